The summed E-state index contributed by atoms with van der Waals surface area (Å²) < 4.78 is 0.865. The number of amides is 1. The molecule has 0 unspecified atom stereocenters. The van der Waals surface area contributed by atoms with Crippen LogP contribution in [-0.4, -0.2) is 38.6 Å². The van der Waals surface area contributed by atoms with Crippen molar-refractivity contribution >= 4 is 28.8 Å². The molecular weight excluding hydrogens is 342 g/mol. The monoisotopic (exact) mass is 365 g/mol. The van der Waals surface area contributed by atoms with Gasteiger partial charge in [-0.1, -0.05) is 41.9 Å². The molecule has 0 bridgehead atoms. The molecule has 128 valence electrons. The van der Waals surface area contributed by atoms with Crippen LogP contribution in [0.3, 0.4) is 0 Å². The van der Waals surface area contributed by atoms with Gasteiger partial charge in [0.15, 0.2) is 6.54 Å². The van der Waals surface area contributed by atoms with E-state index in [-0.39, 0.29) is 5.91 Å². The van der Waals surface area contributed by atoms with Gasteiger partial charge in [0.05, 0.1) is 9.21 Å². The van der Waals surface area contributed by atoms with Crippen LogP contribution in [0.2, 0.25) is 4.34 Å². The summed E-state index contributed by atoms with van der Waals surface area (Å²) in [5.74, 6) is 0.141. The zero-order valence-corrected chi connectivity index (χ0v) is 15.3. The third-order valence-corrected chi connectivity index (χ3v) is 5.69. The van der Waals surface area contributed by atoms with Crippen LogP contribution in [0.4, 0.5) is 0 Å². The fourth-order valence-electron chi connectivity index (χ4n) is 3.09. The molecule has 6 heteroatoms. The zero-order valence-electron chi connectivity index (χ0n) is 13.7. The fourth-order valence-corrected chi connectivity index (χ4v) is 4.25. The molecule has 2 heterocycles. The second-order valence-electron chi connectivity index (χ2n) is 6.32. The van der Waals surface area contributed by atoms with Gasteiger partial charge in [0.25, 0.3) is 5.91 Å². The van der Waals surface area contributed by atoms with Gasteiger partial charge in [-0.05, 0) is 17.7 Å². The van der Waals surface area contributed by atoms with Crippen LogP contribution in [0.1, 0.15) is 10.4 Å². The van der Waals surface area contributed by atoms with Gasteiger partial charge in [-0.3, -0.25) is 4.79 Å². The number of rotatable bonds is 6. The molecule has 0 aliphatic carbocycles. The predicted octanol–water partition coefficient (Wildman–Crippen LogP) is 0.00130. The lowest BCUT2D eigenvalue weighted by Crippen LogP contribution is -3.28. The molecule has 1 aliphatic rings. The van der Waals surface area contributed by atoms with E-state index in [4.69, 9.17) is 11.6 Å². The van der Waals surface area contributed by atoms with E-state index in [2.05, 4.69) is 11.4 Å². The average Bonchev–Trinajstić information content (AvgIpc) is 3.01. The summed E-state index contributed by atoms with van der Waals surface area (Å²) in [6.07, 6.45) is 0. The first-order valence-electron chi connectivity index (χ1n) is 8.41. The number of hydrogen-bond acceptors (Lipinski definition) is 2. The first kappa shape index (κ1) is 17.4. The van der Waals surface area contributed by atoms with Gasteiger partial charge in [-0.15, -0.1) is 11.3 Å². The number of halogens is 1. The summed E-state index contributed by atoms with van der Waals surface area (Å²) in [6.45, 7) is 6.55. The van der Waals surface area contributed by atoms with Crippen molar-refractivity contribution in [2.24, 2.45) is 0 Å². The van der Waals surface area contributed by atoms with Crippen LogP contribution in [0.15, 0.2) is 42.5 Å². The number of nitrogens with one attached hydrogen (secondary N) is 3. The van der Waals surface area contributed by atoms with E-state index in [9.17, 15) is 4.79 Å². The van der Waals surface area contributed by atoms with E-state index in [0.29, 0.717) is 13.1 Å². The molecule has 2 aromatic rings. The standard InChI is InChI=1S/C18H22ClN3OS/c19-17-7-6-16(24-17)13-21-8-10-22(11-9-21)14-18(23)20-12-15-4-2-1-3-5-15/h1-7H,8-14H2,(H,20,23)/p+2. The lowest BCUT2D eigenvalue weighted by atomic mass is 10.2. The Hall–Kier alpha value is -1.40. The van der Waals surface area contributed by atoms with Gasteiger partial charge < -0.3 is 15.1 Å². The van der Waals surface area contributed by atoms with Crippen LogP contribution in [-0.2, 0) is 17.9 Å². The molecule has 0 saturated carbocycles. The largest absolute Gasteiger partial charge is 0.347 e. The maximum atomic E-state index is 12.1. The smallest absolute Gasteiger partial charge is 0.275 e. The average molecular weight is 366 g/mol. The van der Waals surface area contributed by atoms with Crippen molar-refractivity contribution in [1.82, 2.24) is 5.32 Å². The Morgan fingerprint density at radius 3 is 2.42 bits per heavy atom. The highest BCUT2D eigenvalue weighted by Crippen LogP contribution is 2.20. The molecule has 0 atom stereocenters. The lowest BCUT2D eigenvalue weighted by Gasteiger charge is -2.29. The maximum absolute atomic E-state index is 12.1. The van der Waals surface area contributed by atoms with Crippen molar-refractivity contribution in [3.63, 3.8) is 0 Å². The summed E-state index contributed by atoms with van der Waals surface area (Å²) in [6, 6.07) is 14.1. The van der Waals surface area contributed by atoms with Gasteiger partial charge in [-0.25, -0.2) is 0 Å². The van der Waals surface area contributed by atoms with E-state index in [0.717, 1.165) is 42.6 Å². The van der Waals surface area contributed by atoms with Gasteiger partial charge >= 0.3 is 0 Å². The van der Waals surface area contributed by atoms with Crippen LogP contribution >= 0.6 is 22.9 Å². The molecule has 24 heavy (non-hydrogen) atoms. The second-order valence-corrected chi connectivity index (χ2v) is 8.12. The SMILES string of the molecule is O=C(C[NH+]1CC[NH+](Cc2ccc(Cl)s2)CC1)NCc1ccccc1. The molecule has 1 saturated heterocycles. The second kappa shape index (κ2) is 8.62. The number of hydrogen-bond donors (Lipinski definition) is 3. The molecule has 1 aromatic carbocycles. The molecule has 1 aromatic heterocycles. The molecule has 1 amide bonds. The van der Waals surface area contributed by atoms with Crippen molar-refractivity contribution in [2.75, 3.05) is 32.7 Å². The van der Waals surface area contributed by atoms with E-state index >= 15 is 0 Å². The Balaban J connectivity index is 1.36. The number of benzene rings is 1. The fraction of sp³-hybridized carbons (Fsp3) is 0.389. The third-order valence-electron chi connectivity index (χ3n) is 4.46. The maximum Gasteiger partial charge on any atom is 0.275 e. The predicted molar refractivity (Wildman–Crippen MR) is 97.6 cm³/mol. The Morgan fingerprint density at radius 1 is 1.04 bits per heavy atom. The molecule has 3 N–H and O–H groups in total. The zero-order chi connectivity index (χ0) is 16.8. The van der Waals surface area contributed by atoms with Crippen molar-refractivity contribution in [1.29, 1.82) is 0 Å². The molecule has 0 spiro atoms. The van der Waals surface area contributed by atoms with Crippen molar-refractivity contribution < 1.29 is 14.6 Å². The van der Waals surface area contributed by atoms with Crippen LogP contribution in [0.5, 0.6) is 0 Å². The lowest BCUT2D eigenvalue weighted by molar-refractivity contribution is -1.01. The topological polar surface area (TPSA) is 38.0 Å². The van der Waals surface area contributed by atoms with Crippen molar-refractivity contribution in [3.05, 3.63) is 57.2 Å². The minimum absolute atomic E-state index is 0.141. The van der Waals surface area contributed by atoms with Crippen LogP contribution in [0.25, 0.3) is 0 Å². The summed E-state index contributed by atoms with van der Waals surface area (Å²) in [5.41, 5.74) is 1.14. The van der Waals surface area contributed by atoms with Gasteiger partial charge in [0, 0.05) is 6.54 Å². The van der Waals surface area contributed by atoms with Crippen LogP contribution < -0.4 is 15.1 Å². The quantitative estimate of drug-likeness (QED) is 0.662. The number of carbonyl (C=O) groups excluding carboxylic acids is 1. The Kier molecular flexibility index (Phi) is 6.26. The highest BCUT2D eigenvalue weighted by Gasteiger charge is 2.25. The number of thiophene rings is 1. The molecule has 1 fully saturated rings. The minimum atomic E-state index is 0.141. The molecule has 4 nitrogen and oxygen atoms in total. The summed E-state index contributed by atoms with van der Waals surface area (Å²) >= 11 is 7.66. The third kappa shape index (κ3) is 5.31. The Bertz CT molecular complexity index is 653. The number of piperazine rings is 1. The highest BCUT2D eigenvalue weighted by molar-refractivity contribution is 7.16. The molecular formula is C18H24ClN3OS+2. The van der Waals surface area contributed by atoms with Crippen molar-refractivity contribution in [2.45, 2.75) is 13.1 Å². The number of carbonyl (C=O) groups is 1. The first-order chi connectivity index (χ1) is 11.7. The first-order valence-corrected chi connectivity index (χ1v) is 9.60. The van der Waals surface area contributed by atoms with Gasteiger partial charge in [-0.2, -0.15) is 0 Å². The van der Waals surface area contributed by atoms with Gasteiger partial charge in [0.1, 0.15) is 32.7 Å². The van der Waals surface area contributed by atoms with Crippen LogP contribution in [0, 0.1) is 0 Å². The molecule has 3 rings (SSSR count). The van der Waals surface area contributed by atoms with E-state index in [1.165, 1.54) is 9.78 Å². The minimum Gasteiger partial charge on any atom is -0.347 e. The Labute approximate surface area is 152 Å². The highest BCUT2D eigenvalue weighted by atomic mass is 35.5. The summed E-state index contributed by atoms with van der Waals surface area (Å²) in [7, 11) is 0. The van der Waals surface area contributed by atoms with E-state index in [1.807, 2.05) is 36.4 Å². The van der Waals surface area contributed by atoms with Crippen molar-refractivity contribution in [3.8, 4) is 0 Å². The normalized spacial score (nSPS) is 20.7. The van der Waals surface area contributed by atoms with E-state index in [1.54, 1.807) is 16.2 Å². The summed E-state index contributed by atoms with van der Waals surface area (Å²) in [4.78, 5) is 16.4. The molecule has 1 aliphatic heterocycles. The number of quaternary nitrogens is 2. The summed E-state index contributed by atoms with van der Waals surface area (Å²) in [5, 5.41) is 3.02. The van der Waals surface area contributed by atoms with E-state index < -0.39 is 0 Å². The van der Waals surface area contributed by atoms with Gasteiger partial charge in [0.2, 0.25) is 0 Å². The molecule has 0 radical (unpaired) electrons. The Morgan fingerprint density at radius 2 is 1.75 bits per heavy atom.